The van der Waals surface area contributed by atoms with Crippen molar-refractivity contribution in [1.29, 1.82) is 0 Å². The van der Waals surface area contributed by atoms with Gasteiger partial charge in [-0.05, 0) is 18.2 Å². The van der Waals surface area contributed by atoms with Crippen LogP contribution in [0, 0.1) is 5.82 Å². The Balaban J connectivity index is 0.00000225. The summed E-state index contributed by atoms with van der Waals surface area (Å²) < 4.78 is 16.4. The molecule has 1 amide bonds. The average molecular weight is 466 g/mol. The summed E-state index contributed by atoms with van der Waals surface area (Å²) in [6.07, 6.45) is 3.75. The van der Waals surface area contributed by atoms with Gasteiger partial charge in [-0.25, -0.2) is 8.96 Å². The second kappa shape index (κ2) is 8.87. The summed E-state index contributed by atoms with van der Waals surface area (Å²) in [5.41, 5.74) is 1.82. The Hall–Kier alpha value is -2.05. The third-order valence-electron chi connectivity index (χ3n) is 3.53. The van der Waals surface area contributed by atoms with Crippen LogP contribution in [0.1, 0.15) is 15.9 Å². The summed E-state index contributed by atoms with van der Waals surface area (Å²) in [5, 5.41) is 2.70. The lowest BCUT2D eigenvalue weighted by atomic mass is 10.2. The van der Waals surface area contributed by atoms with E-state index in [0.717, 1.165) is 6.54 Å². The summed E-state index contributed by atoms with van der Waals surface area (Å²) in [6, 6.07) is 18.0. The molecule has 0 fully saturated rings. The van der Waals surface area contributed by atoms with E-state index in [4.69, 9.17) is 0 Å². The quantitative estimate of drug-likeness (QED) is 0.577. The van der Waals surface area contributed by atoms with Crippen molar-refractivity contribution in [3.8, 4) is 0 Å². The molecule has 1 heterocycles. The van der Waals surface area contributed by atoms with Gasteiger partial charge in [0.15, 0.2) is 18.9 Å². The van der Waals surface area contributed by atoms with E-state index in [2.05, 4.69) is 33.4 Å². The van der Waals surface area contributed by atoms with E-state index in [1.165, 1.54) is 17.7 Å². The van der Waals surface area contributed by atoms with E-state index in [1.54, 1.807) is 18.2 Å². The van der Waals surface area contributed by atoms with Crippen molar-refractivity contribution in [2.45, 2.75) is 6.54 Å². The van der Waals surface area contributed by atoms with Gasteiger partial charge >= 0.3 is 0 Å². The molecule has 0 radical (unpaired) electrons. The van der Waals surface area contributed by atoms with Crippen LogP contribution in [0.5, 0.6) is 0 Å². The number of carbonyl (C=O) groups excluding carboxylic acids is 1. The number of rotatable bonds is 4. The molecular weight excluding hydrogens is 451 g/mol. The predicted molar refractivity (Wildman–Crippen MR) is 94.2 cm³/mol. The molecule has 2 aromatic carbocycles. The lowest BCUT2D eigenvalue weighted by molar-refractivity contribution is -0.688. The number of benzene rings is 2. The van der Waals surface area contributed by atoms with Crippen LogP contribution in [0.2, 0.25) is 0 Å². The van der Waals surface area contributed by atoms with Crippen molar-refractivity contribution in [3.05, 3.63) is 94.5 Å². The predicted octanol–water partition coefficient (Wildman–Crippen LogP) is 1.18. The maximum Gasteiger partial charge on any atom is 0.258 e. The van der Waals surface area contributed by atoms with Crippen molar-refractivity contribution in [2.24, 2.45) is 0 Å². The number of carbonyl (C=O) groups is 1. The molecule has 3 aromatic rings. The molecule has 128 valence electrons. The number of pyridine rings is 1. The van der Waals surface area contributed by atoms with Crippen molar-refractivity contribution in [2.75, 3.05) is 5.32 Å². The molecule has 0 aliphatic rings. The zero-order valence-corrected chi connectivity index (χ0v) is 16.3. The molecule has 0 aliphatic heterocycles. The normalized spacial score (nSPS) is 10.0. The lowest BCUT2D eigenvalue weighted by Gasteiger charge is -2.06. The van der Waals surface area contributed by atoms with Crippen LogP contribution < -0.4 is 26.9 Å². The molecule has 3 rings (SSSR count). The van der Waals surface area contributed by atoms with E-state index in [9.17, 15) is 9.18 Å². The second-order valence-electron chi connectivity index (χ2n) is 5.32. The van der Waals surface area contributed by atoms with E-state index < -0.39 is 11.7 Å². The molecule has 0 aliphatic carbocycles. The average Bonchev–Trinajstić information content (AvgIpc) is 2.57. The number of amides is 1. The first kappa shape index (κ1) is 19.3. The number of nitrogens with zero attached hydrogens (tertiary/aromatic N) is 1. The second-order valence-corrected chi connectivity index (χ2v) is 6.24. The fourth-order valence-electron chi connectivity index (χ4n) is 2.31. The molecule has 0 atom stereocenters. The molecule has 0 saturated carbocycles. The molecular formula is C19H15Br2FN2O. The van der Waals surface area contributed by atoms with Gasteiger partial charge in [0.25, 0.3) is 5.91 Å². The Morgan fingerprint density at radius 3 is 2.36 bits per heavy atom. The molecule has 0 unspecified atom stereocenters. The van der Waals surface area contributed by atoms with Gasteiger partial charge in [0, 0.05) is 22.2 Å². The topological polar surface area (TPSA) is 33.0 Å². The molecule has 0 bridgehead atoms. The van der Waals surface area contributed by atoms with Crippen LogP contribution >= 0.6 is 15.9 Å². The molecule has 6 heteroatoms. The third kappa shape index (κ3) is 5.21. The molecule has 0 spiro atoms. The lowest BCUT2D eigenvalue weighted by Crippen LogP contribution is -3.00. The van der Waals surface area contributed by atoms with Gasteiger partial charge < -0.3 is 22.3 Å². The fourth-order valence-corrected chi connectivity index (χ4v) is 2.65. The Morgan fingerprint density at radius 2 is 1.72 bits per heavy atom. The largest absolute Gasteiger partial charge is 1.00 e. The summed E-state index contributed by atoms with van der Waals surface area (Å²) in [4.78, 5) is 12.1. The number of anilines is 1. The van der Waals surface area contributed by atoms with Gasteiger partial charge in [-0.1, -0.05) is 46.3 Å². The first-order valence-electron chi connectivity index (χ1n) is 7.41. The Kier molecular flexibility index (Phi) is 6.84. The van der Waals surface area contributed by atoms with Gasteiger partial charge in [0.2, 0.25) is 0 Å². The minimum Gasteiger partial charge on any atom is -1.00 e. The summed E-state index contributed by atoms with van der Waals surface area (Å²) in [6.45, 7) is 0.746. The Morgan fingerprint density at radius 1 is 1.04 bits per heavy atom. The molecule has 0 saturated heterocycles. The van der Waals surface area contributed by atoms with Crippen LogP contribution in [0.25, 0.3) is 0 Å². The number of hydrogen-bond acceptors (Lipinski definition) is 1. The highest BCUT2D eigenvalue weighted by Crippen LogP contribution is 2.16. The van der Waals surface area contributed by atoms with Gasteiger partial charge in [-0.15, -0.1) is 0 Å². The number of nitrogens with one attached hydrogen (secondary N) is 1. The number of hydrogen-bond donors (Lipinski definition) is 1. The maximum atomic E-state index is 13.8. The zero-order valence-electron chi connectivity index (χ0n) is 13.1. The van der Waals surface area contributed by atoms with E-state index in [-0.39, 0.29) is 22.5 Å². The maximum absolute atomic E-state index is 13.8. The van der Waals surface area contributed by atoms with Crippen LogP contribution in [-0.2, 0) is 6.54 Å². The Bertz CT molecular complexity index is 855. The zero-order chi connectivity index (χ0) is 16.9. The molecule has 25 heavy (non-hydrogen) atoms. The van der Waals surface area contributed by atoms with Crippen LogP contribution in [0.3, 0.4) is 0 Å². The number of halogens is 3. The molecule has 3 nitrogen and oxygen atoms in total. The van der Waals surface area contributed by atoms with Crippen molar-refractivity contribution < 1.29 is 30.7 Å². The van der Waals surface area contributed by atoms with E-state index >= 15 is 0 Å². The summed E-state index contributed by atoms with van der Waals surface area (Å²) in [5.74, 6) is -1.03. The van der Waals surface area contributed by atoms with Crippen molar-refractivity contribution in [1.82, 2.24) is 0 Å². The third-order valence-corrected chi connectivity index (χ3v) is 4.03. The monoisotopic (exact) mass is 464 g/mol. The van der Waals surface area contributed by atoms with E-state index in [0.29, 0.717) is 10.2 Å². The van der Waals surface area contributed by atoms with Crippen molar-refractivity contribution in [3.63, 3.8) is 0 Å². The Labute approximate surface area is 164 Å². The molecule has 1 N–H and O–H groups in total. The highest BCUT2D eigenvalue weighted by molar-refractivity contribution is 9.10. The minimum absolute atomic E-state index is 0. The summed E-state index contributed by atoms with van der Waals surface area (Å²) in [7, 11) is 0. The van der Waals surface area contributed by atoms with Gasteiger partial charge in [0.1, 0.15) is 5.82 Å². The van der Waals surface area contributed by atoms with Crippen LogP contribution in [-0.4, -0.2) is 5.91 Å². The number of aromatic nitrogens is 1. The van der Waals surface area contributed by atoms with Gasteiger partial charge in [-0.2, -0.15) is 0 Å². The van der Waals surface area contributed by atoms with Crippen LogP contribution in [0.4, 0.5) is 10.1 Å². The first-order valence-corrected chi connectivity index (χ1v) is 8.20. The van der Waals surface area contributed by atoms with E-state index in [1.807, 2.05) is 35.2 Å². The summed E-state index contributed by atoms with van der Waals surface area (Å²) >= 11 is 3.17. The minimum atomic E-state index is -0.558. The standard InChI is InChI=1S/C19H14BrFN2O.BrH/c20-15-6-7-17(18(21)12-15)19(24)22-16-8-10-23(11-9-16)13-14-4-2-1-3-5-14;/h1-12H,13H2;1H. The van der Waals surface area contributed by atoms with Gasteiger partial charge in [-0.3, -0.25) is 4.79 Å². The van der Waals surface area contributed by atoms with Crippen LogP contribution in [0.15, 0.2) is 77.5 Å². The first-order chi connectivity index (χ1) is 11.6. The molecule has 1 aromatic heterocycles. The smallest absolute Gasteiger partial charge is 0.258 e. The highest BCUT2D eigenvalue weighted by Gasteiger charge is 2.13. The SMILES string of the molecule is O=C(Nc1cc[n+](Cc2ccccc2)cc1)c1ccc(Br)cc1F.[Br-]. The fraction of sp³-hybridized carbons (Fsp3) is 0.0526. The van der Waals surface area contributed by atoms with Gasteiger partial charge in [0.05, 0.1) is 11.3 Å². The van der Waals surface area contributed by atoms with Crippen molar-refractivity contribution >= 4 is 27.5 Å². The highest BCUT2D eigenvalue weighted by atomic mass is 79.9.